The summed E-state index contributed by atoms with van der Waals surface area (Å²) >= 11 is 1.48. The summed E-state index contributed by atoms with van der Waals surface area (Å²) in [5.41, 5.74) is -0.0966. The van der Waals surface area contributed by atoms with Crippen molar-refractivity contribution in [1.82, 2.24) is 14.9 Å². The highest BCUT2D eigenvalue weighted by molar-refractivity contribution is 7.18. The van der Waals surface area contributed by atoms with Gasteiger partial charge < -0.3 is 10.4 Å². The summed E-state index contributed by atoms with van der Waals surface area (Å²) in [6, 6.07) is 1.82. The standard InChI is InChI=1S/C14H17N3O4S/c1-9-7-10-13(22-9)16-8-17(14(10)21)6-2-3-11(18)15-5-4-12(19)20/h7-8H,2-6H2,1H3,(H,15,18)(H,19,20). The molecule has 2 heterocycles. The van der Waals surface area contributed by atoms with Crippen molar-refractivity contribution in [3.8, 4) is 0 Å². The number of fused-ring (bicyclic) bond motifs is 1. The molecule has 0 saturated carbocycles. The lowest BCUT2D eigenvalue weighted by Gasteiger charge is -2.06. The number of carbonyl (C=O) groups excluding carboxylic acids is 1. The number of hydrogen-bond donors (Lipinski definition) is 2. The Balaban J connectivity index is 1.87. The minimum absolute atomic E-state index is 0.0940. The maximum atomic E-state index is 12.2. The second-order valence-electron chi connectivity index (χ2n) is 4.92. The number of aliphatic carboxylic acids is 1. The van der Waals surface area contributed by atoms with E-state index in [-0.39, 0.29) is 30.9 Å². The minimum atomic E-state index is -0.947. The molecule has 0 aromatic carbocycles. The fourth-order valence-corrected chi connectivity index (χ4v) is 2.88. The van der Waals surface area contributed by atoms with E-state index in [4.69, 9.17) is 5.11 Å². The quantitative estimate of drug-likeness (QED) is 0.795. The van der Waals surface area contributed by atoms with Gasteiger partial charge in [0, 0.05) is 24.4 Å². The van der Waals surface area contributed by atoms with E-state index >= 15 is 0 Å². The van der Waals surface area contributed by atoms with Gasteiger partial charge in [0.15, 0.2) is 0 Å². The molecule has 0 spiro atoms. The smallest absolute Gasteiger partial charge is 0.305 e. The predicted octanol–water partition coefficient (Wildman–Crippen LogP) is 1.14. The van der Waals surface area contributed by atoms with Gasteiger partial charge in [-0.05, 0) is 19.4 Å². The number of aromatic nitrogens is 2. The number of hydrogen-bond acceptors (Lipinski definition) is 5. The van der Waals surface area contributed by atoms with Crippen LogP contribution in [-0.4, -0.2) is 33.1 Å². The first-order valence-corrected chi connectivity index (χ1v) is 7.73. The Morgan fingerprint density at radius 3 is 2.91 bits per heavy atom. The summed E-state index contributed by atoms with van der Waals surface area (Å²) in [5.74, 6) is -1.16. The first-order valence-electron chi connectivity index (χ1n) is 6.91. The molecular weight excluding hydrogens is 306 g/mol. The molecule has 0 aliphatic heterocycles. The summed E-state index contributed by atoms with van der Waals surface area (Å²) in [4.78, 5) is 40.1. The van der Waals surface area contributed by atoms with Crippen LogP contribution in [0.1, 0.15) is 24.1 Å². The van der Waals surface area contributed by atoms with Crippen LogP contribution in [-0.2, 0) is 16.1 Å². The topological polar surface area (TPSA) is 101 Å². The molecule has 8 heteroatoms. The number of amides is 1. The fraction of sp³-hybridized carbons (Fsp3) is 0.429. The molecule has 0 aliphatic carbocycles. The molecule has 22 heavy (non-hydrogen) atoms. The molecule has 2 rings (SSSR count). The van der Waals surface area contributed by atoms with Crippen molar-refractivity contribution in [3.63, 3.8) is 0 Å². The Morgan fingerprint density at radius 1 is 1.41 bits per heavy atom. The van der Waals surface area contributed by atoms with E-state index in [1.54, 1.807) is 0 Å². The van der Waals surface area contributed by atoms with Crippen LogP contribution >= 0.6 is 11.3 Å². The van der Waals surface area contributed by atoms with Gasteiger partial charge in [-0.2, -0.15) is 0 Å². The summed E-state index contributed by atoms with van der Waals surface area (Å²) in [5, 5.41) is 11.6. The number of rotatable bonds is 7. The van der Waals surface area contributed by atoms with E-state index in [9.17, 15) is 14.4 Å². The molecule has 2 N–H and O–H groups in total. The van der Waals surface area contributed by atoms with Crippen molar-refractivity contribution in [2.24, 2.45) is 0 Å². The van der Waals surface area contributed by atoms with Crippen LogP contribution in [0.5, 0.6) is 0 Å². The van der Waals surface area contributed by atoms with Crippen LogP contribution < -0.4 is 10.9 Å². The SMILES string of the molecule is Cc1cc2c(=O)n(CCCC(=O)NCCC(=O)O)cnc2s1. The van der Waals surface area contributed by atoms with Gasteiger partial charge in [0.1, 0.15) is 4.83 Å². The fourth-order valence-electron chi connectivity index (χ4n) is 2.05. The molecule has 2 aromatic heterocycles. The van der Waals surface area contributed by atoms with E-state index in [0.29, 0.717) is 18.4 Å². The number of aryl methyl sites for hydroxylation is 2. The van der Waals surface area contributed by atoms with Gasteiger partial charge in [-0.15, -0.1) is 11.3 Å². The summed E-state index contributed by atoms with van der Waals surface area (Å²) < 4.78 is 1.50. The molecule has 7 nitrogen and oxygen atoms in total. The molecule has 0 saturated heterocycles. The molecule has 0 aliphatic rings. The van der Waals surface area contributed by atoms with Crippen LogP contribution in [0.4, 0.5) is 0 Å². The van der Waals surface area contributed by atoms with Gasteiger partial charge in [-0.1, -0.05) is 0 Å². The van der Waals surface area contributed by atoms with E-state index in [2.05, 4.69) is 10.3 Å². The van der Waals surface area contributed by atoms with Crippen LogP contribution in [0.15, 0.2) is 17.2 Å². The largest absolute Gasteiger partial charge is 0.481 e. The van der Waals surface area contributed by atoms with Crippen molar-refractivity contribution in [2.75, 3.05) is 6.54 Å². The van der Waals surface area contributed by atoms with Gasteiger partial charge in [0.2, 0.25) is 5.91 Å². The lowest BCUT2D eigenvalue weighted by atomic mass is 10.3. The molecular formula is C14H17N3O4S. The zero-order valence-electron chi connectivity index (χ0n) is 12.2. The first-order chi connectivity index (χ1) is 10.5. The minimum Gasteiger partial charge on any atom is -0.481 e. The van der Waals surface area contributed by atoms with Gasteiger partial charge in [-0.25, -0.2) is 4.98 Å². The maximum Gasteiger partial charge on any atom is 0.305 e. The summed E-state index contributed by atoms with van der Waals surface area (Å²) in [7, 11) is 0. The van der Waals surface area contributed by atoms with Crippen LogP contribution in [0.25, 0.3) is 10.2 Å². The van der Waals surface area contributed by atoms with Gasteiger partial charge in [0.25, 0.3) is 5.56 Å². The van der Waals surface area contributed by atoms with Gasteiger partial charge >= 0.3 is 5.97 Å². The van der Waals surface area contributed by atoms with Crippen molar-refractivity contribution in [3.05, 3.63) is 27.6 Å². The summed E-state index contributed by atoms with van der Waals surface area (Å²) in [6.45, 7) is 2.45. The van der Waals surface area contributed by atoms with E-state index in [1.807, 2.05) is 13.0 Å². The second kappa shape index (κ2) is 7.17. The van der Waals surface area contributed by atoms with E-state index in [1.165, 1.54) is 22.2 Å². The molecule has 0 atom stereocenters. The number of carboxylic acid groups (broad SMARTS) is 1. The molecule has 0 fully saturated rings. The lowest BCUT2D eigenvalue weighted by Crippen LogP contribution is -2.26. The highest BCUT2D eigenvalue weighted by Crippen LogP contribution is 2.19. The molecule has 0 radical (unpaired) electrons. The Labute approximate surface area is 130 Å². The van der Waals surface area contributed by atoms with Crippen LogP contribution in [0, 0.1) is 6.92 Å². The average molecular weight is 323 g/mol. The highest BCUT2D eigenvalue weighted by Gasteiger charge is 2.08. The third-order valence-electron chi connectivity index (χ3n) is 3.11. The lowest BCUT2D eigenvalue weighted by molar-refractivity contribution is -0.136. The van der Waals surface area contributed by atoms with Crippen LogP contribution in [0.3, 0.4) is 0 Å². The Morgan fingerprint density at radius 2 is 2.18 bits per heavy atom. The number of carbonyl (C=O) groups is 2. The normalized spacial score (nSPS) is 10.8. The maximum absolute atomic E-state index is 12.2. The molecule has 2 aromatic rings. The van der Waals surface area contributed by atoms with Crippen molar-refractivity contribution < 1.29 is 14.7 Å². The third-order valence-corrected chi connectivity index (χ3v) is 4.06. The Kier molecular flexibility index (Phi) is 5.26. The van der Waals surface area contributed by atoms with Gasteiger partial charge in [0.05, 0.1) is 18.1 Å². The number of carboxylic acids is 1. The van der Waals surface area contributed by atoms with Crippen molar-refractivity contribution in [1.29, 1.82) is 0 Å². The van der Waals surface area contributed by atoms with Crippen molar-refractivity contribution in [2.45, 2.75) is 32.7 Å². The molecule has 1 amide bonds. The molecule has 118 valence electrons. The zero-order valence-corrected chi connectivity index (χ0v) is 13.0. The van der Waals surface area contributed by atoms with Gasteiger partial charge in [-0.3, -0.25) is 19.0 Å². The highest BCUT2D eigenvalue weighted by atomic mass is 32.1. The number of thiophene rings is 1. The zero-order chi connectivity index (χ0) is 16.1. The third kappa shape index (κ3) is 4.14. The second-order valence-corrected chi connectivity index (χ2v) is 6.15. The van der Waals surface area contributed by atoms with Crippen molar-refractivity contribution >= 4 is 33.4 Å². The monoisotopic (exact) mass is 323 g/mol. The number of nitrogens with zero attached hydrogens (tertiary/aromatic N) is 2. The molecule has 0 bridgehead atoms. The summed E-state index contributed by atoms with van der Waals surface area (Å²) in [6.07, 6.45) is 2.15. The number of nitrogens with one attached hydrogen (secondary N) is 1. The Hall–Kier alpha value is -2.22. The molecule has 0 unspecified atom stereocenters. The van der Waals surface area contributed by atoms with E-state index in [0.717, 1.165) is 9.71 Å². The Bertz CT molecular complexity index is 750. The van der Waals surface area contributed by atoms with Crippen LogP contribution in [0.2, 0.25) is 0 Å². The average Bonchev–Trinajstić information content (AvgIpc) is 2.82. The first kappa shape index (κ1) is 16.2. The van der Waals surface area contributed by atoms with E-state index < -0.39 is 5.97 Å². The predicted molar refractivity (Wildman–Crippen MR) is 83.1 cm³/mol.